The van der Waals surface area contributed by atoms with Gasteiger partial charge in [0.25, 0.3) is 0 Å². The second-order valence-corrected chi connectivity index (χ2v) is 3.51. The van der Waals surface area contributed by atoms with Crippen LogP contribution < -0.4 is 0 Å². The predicted octanol–water partition coefficient (Wildman–Crippen LogP) is 0.234. The number of aromatic nitrogens is 3. The van der Waals surface area contributed by atoms with Gasteiger partial charge in [-0.25, -0.2) is 4.98 Å². The SMILES string of the molecule is O=C(O)CC(CCn1cncn1)CC(=O)O. The third-order valence-corrected chi connectivity index (χ3v) is 2.16. The van der Waals surface area contributed by atoms with E-state index >= 15 is 0 Å². The molecule has 0 fully saturated rings. The molecule has 1 aromatic rings. The minimum absolute atomic E-state index is 0.138. The van der Waals surface area contributed by atoms with Crippen molar-refractivity contribution in [2.75, 3.05) is 0 Å². The van der Waals surface area contributed by atoms with Gasteiger partial charge < -0.3 is 10.2 Å². The van der Waals surface area contributed by atoms with Crippen LogP contribution in [0.15, 0.2) is 12.7 Å². The van der Waals surface area contributed by atoms with Crippen LogP contribution in [0.2, 0.25) is 0 Å². The molecule has 0 aliphatic rings. The van der Waals surface area contributed by atoms with E-state index in [-0.39, 0.29) is 18.8 Å². The van der Waals surface area contributed by atoms with Gasteiger partial charge in [-0.3, -0.25) is 14.3 Å². The van der Waals surface area contributed by atoms with Crippen LogP contribution in [0.3, 0.4) is 0 Å². The number of aliphatic carboxylic acids is 2. The second kappa shape index (κ2) is 5.84. The molecule has 0 saturated heterocycles. The van der Waals surface area contributed by atoms with Gasteiger partial charge in [-0.2, -0.15) is 5.10 Å². The lowest BCUT2D eigenvalue weighted by Gasteiger charge is -2.11. The zero-order valence-corrected chi connectivity index (χ0v) is 8.61. The fourth-order valence-electron chi connectivity index (χ4n) is 1.43. The first-order valence-electron chi connectivity index (χ1n) is 4.84. The van der Waals surface area contributed by atoms with E-state index in [9.17, 15) is 9.59 Å². The van der Waals surface area contributed by atoms with Gasteiger partial charge in [0, 0.05) is 19.4 Å². The molecule has 0 aromatic carbocycles. The average Bonchev–Trinajstić information content (AvgIpc) is 2.64. The Bertz CT molecular complexity index is 334. The molecule has 7 heteroatoms. The first-order valence-corrected chi connectivity index (χ1v) is 4.84. The van der Waals surface area contributed by atoms with Gasteiger partial charge in [-0.15, -0.1) is 0 Å². The maximum Gasteiger partial charge on any atom is 0.303 e. The molecule has 0 amide bonds. The standard InChI is InChI=1S/C9H13N3O4/c13-8(14)3-7(4-9(15)16)1-2-12-6-10-5-11-12/h5-7H,1-4H2,(H,13,14)(H,15,16). The van der Waals surface area contributed by atoms with Gasteiger partial charge >= 0.3 is 11.9 Å². The number of nitrogens with zero attached hydrogens (tertiary/aromatic N) is 3. The Morgan fingerprint density at radius 1 is 1.25 bits per heavy atom. The van der Waals surface area contributed by atoms with Crippen molar-refractivity contribution in [3.63, 3.8) is 0 Å². The molecule has 0 aliphatic heterocycles. The highest BCUT2D eigenvalue weighted by Gasteiger charge is 2.16. The van der Waals surface area contributed by atoms with Gasteiger partial charge in [0.05, 0.1) is 0 Å². The van der Waals surface area contributed by atoms with Gasteiger partial charge in [-0.05, 0) is 12.3 Å². The van der Waals surface area contributed by atoms with Crippen LogP contribution in [-0.2, 0) is 16.1 Å². The summed E-state index contributed by atoms with van der Waals surface area (Å²) in [6, 6.07) is 0. The van der Waals surface area contributed by atoms with Crippen molar-refractivity contribution in [2.24, 2.45) is 5.92 Å². The summed E-state index contributed by atoms with van der Waals surface area (Å²) < 4.78 is 1.55. The smallest absolute Gasteiger partial charge is 0.303 e. The van der Waals surface area contributed by atoms with Crippen LogP contribution in [0.1, 0.15) is 19.3 Å². The van der Waals surface area contributed by atoms with Crippen LogP contribution >= 0.6 is 0 Å². The van der Waals surface area contributed by atoms with Gasteiger partial charge in [0.2, 0.25) is 0 Å². The Morgan fingerprint density at radius 3 is 2.31 bits per heavy atom. The highest BCUT2D eigenvalue weighted by Crippen LogP contribution is 2.14. The van der Waals surface area contributed by atoms with Crippen molar-refractivity contribution in [2.45, 2.75) is 25.8 Å². The Kier molecular flexibility index (Phi) is 4.43. The van der Waals surface area contributed by atoms with Crippen LogP contribution in [0.4, 0.5) is 0 Å². The monoisotopic (exact) mass is 227 g/mol. The predicted molar refractivity (Wildman–Crippen MR) is 52.6 cm³/mol. The molecule has 16 heavy (non-hydrogen) atoms. The van der Waals surface area contributed by atoms with Crippen molar-refractivity contribution < 1.29 is 19.8 Å². The number of aryl methyl sites for hydroxylation is 1. The third-order valence-electron chi connectivity index (χ3n) is 2.16. The summed E-state index contributed by atoms with van der Waals surface area (Å²) in [7, 11) is 0. The molecular weight excluding hydrogens is 214 g/mol. The maximum absolute atomic E-state index is 10.5. The zero-order chi connectivity index (χ0) is 12.0. The Morgan fingerprint density at radius 2 is 1.88 bits per heavy atom. The van der Waals surface area contributed by atoms with Crippen LogP contribution in [-0.4, -0.2) is 36.9 Å². The van der Waals surface area contributed by atoms with Crippen molar-refractivity contribution >= 4 is 11.9 Å². The Hall–Kier alpha value is -1.92. The number of carboxylic acids is 2. The average molecular weight is 227 g/mol. The number of hydrogen-bond acceptors (Lipinski definition) is 4. The summed E-state index contributed by atoms with van der Waals surface area (Å²) in [5.74, 6) is -2.34. The second-order valence-electron chi connectivity index (χ2n) is 3.51. The molecule has 2 N–H and O–H groups in total. The van der Waals surface area contributed by atoms with E-state index in [1.165, 1.54) is 12.7 Å². The lowest BCUT2D eigenvalue weighted by molar-refractivity contribution is -0.140. The molecule has 0 atom stereocenters. The minimum atomic E-state index is -0.982. The minimum Gasteiger partial charge on any atom is -0.481 e. The van der Waals surface area contributed by atoms with Crippen molar-refractivity contribution in [1.82, 2.24) is 14.8 Å². The molecule has 0 aliphatic carbocycles. The largest absolute Gasteiger partial charge is 0.481 e. The third kappa shape index (κ3) is 4.54. The van der Waals surface area contributed by atoms with Gasteiger partial charge in [0.15, 0.2) is 0 Å². The van der Waals surface area contributed by atoms with E-state index in [1.54, 1.807) is 4.68 Å². The molecule has 1 aromatic heterocycles. The number of carboxylic acid groups (broad SMARTS) is 2. The lowest BCUT2D eigenvalue weighted by atomic mass is 9.98. The van der Waals surface area contributed by atoms with E-state index in [0.29, 0.717) is 13.0 Å². The number of rotatable bonds is 7. The molecule has 0 unspecified atom stereocenters. The van der Waals surface area contributed by atoms with E-state index in [1.807, 2.05) is 0 Å². The number of hydrogen-bond donors (Lipinski definition) is 2. The first-order chi connectivity index (χ1) is 7.58. The van der Waals surface area contributed by atoms with E-state index in [0.717, 1.165) is 0 Å². The van der Waals surface area contributed by atoms with Crippen molar-refractivity contribution in [3.05, 3.63) is 12.7 Å². The molecule has 88 valence electrons. The van der Waals surface area contributed by atoms with E-state index < -0.39 is 11.9 Å². The molecular formula is C9H13N3O4. The summed E-state index contributed by atoms with van der Waals surface area (Å²) >= 11 is 0. The Labute approximate surface area is 91.7 Å². The summed E-state index contributed by atoms with van der Waals surface area (Å²) in [4.78, 5) is 24.8. The molecule has 1 rings (SSSR count). The van der Waals surface area contributed by atoms with Crippen LogP contribution in [0, 0.1) is 5.92 Å². The first kappa shape index (κ1) is 12.2. The van der Waals surface area contributed by atoms with E-state index in [2.05, 4.69) is 10.1 Å². The fourth-order valence-corrected chi connectivity index (χ4v) is 1.43. The maximum atomic E-state index is 10.5. The van der Waals surface area contributed by atoms with Crippen LogP contribution in [0.5, 0.6) is 0 Å². The fraction of sp³-hybridized carbons (Fsp3) is 0.556. The van der Waals surface area contributed by atoms with E-state index in [4.69, 9.17) is 10.2 Å². The highest BCUT2D eigenvalue weighted by atomic mass is 16.4. The normalized spacial score (nSPS) is 10.6. The Balaban J connectivity index is 2.43. The summed E-state index contributed by atoms with van der Waals surface area (Å²) in [6.45, 7) is 0.477. The summed E-state index contributed by atoms with van der Waals surface area (Å²) in [5, 5.41) is 21.1. The quantitative estimate of drug-likeness (QED) is 0.690. The molecule has 0 saturated carbocycles. The van der Waals surface area contributed by atoms with Gasteiger partial charge in [-0.1, -0.05) is 0 Å². The molecule has 1 heterocycles. The van der Waals surface area contributed by atoms with Crippen molar-refractivity contribution in [3.8, 4) is 0 Å². The van der Waals surface area contributed by atoms with Crippen LogP contribution in [0.25, 0.3) is 0 Å². The topological polar surface area (TPSA) is 105 Å². The lowest BCUT2D eigenvalue weighted by Crippen LogP contribution is -2.15. The van der Waals surface area contributed by atoms with Gasteiger partial charge in [0.1, 0.15) is 12.7 Å². The molecule has 0 bridgehead atoms. The summed E-state index contributed by atoms with van der Waals surface area (Å²) in [5.41, 5.74) is 0. The van der Waals surface area contributed by atoms with Crippen molar-refractivity contribution in [1.29, 1.82) is 0 Å². The summed E-state index contributed by atoms with van der Waals surface area (Å²) in [6.07, 6.45) is 3.08. The highest BCUT2D eigenvalue weighted by molar-refractivity contribution is 5.70. The zero-order valence-electron chi connectivity index (χ0n) is 8.61. The molecule has 0 radical (unpaired) electrons. The number of carbonyl (C=O) groups is 2. The molecule has 7 nitrogen and oxygen atoms in total. The molecule has 0 spiro atoms.